The smallest absolute Gasteiger partial charge is 0.225 e. The normalized spacial score (nSPS) is 11.5. The van der Waals surface area contributed by atoms with E-state index in [1.165, 1.54) is 22.7 Å². The number of hydrogen-bond acceptors (Lipinski definition) is 5. The molecule has 0 aliphatic heterocycles. The Balaban J connectivity index is 2.05. The summed E-state index contributed by atoms with van der Waals surface area (Å²) in [6.07, 6.45) is 0. The fourth-order valence-electron chi connectivity index (χ4n) is 1.61. The molecule has 17 heavy (non-hydrogen) atoms. The Bertz CT molecular complexity index is 462. The molecule has 0 radical (unpaired) electrons. The maximum Gasteiger partial charge on any atom is 0.225 e. The molecule has 1 N–H and O–H groups in total. The molecular weight excluding hydrogens is 232 g/mol. The maximum absolute atomic E-state index is 3.87. The van der Waals surface area contributed by atoms with Crippen LogP contribution in [0.25, 0.3) is 0 Å². The minimum absolute atomic E-state index is 0.0549. The molecule has 0 fully saturated rings. The molecule has 2 rings (SSSR count). The Kier molecular flexibility index (Phi) is 3.38. The van der Waals surface area contributed by atoms with E-state index < -0.39 is 0 Å². The summed E-state index contributed by atoms with van der Waals surface area (Å²) in [5.74, 6) is 0. The molecule has 0 bridgehead atoms. The standard InChI is InChI=1S/C12H16N4S/c1-9-4-6-10(7-5-9)12(2,3)8-13-11-14-15-16-17-11/h4-7H,8H2,1-3H3,(H,13,14,16). The van der Waals surface area contributed by atoms with Crippen LogP contribution in [0, 0.1) is 6.92 Å². The minimum Gasteiger partial charge on any atom is -0.358 e. The van der Waals surface area contributed by atoms with Crippen molar-refractivity contribution in [3.63, 3.8) is 0 Å². The Morgan fingerprint density at radius 2 is 1.94 bits per heavy atom. The van der Waals surface area contributed by atoms with Crippen molar-refractivity contribution in [3.8, 4) is 0 Å². The quantitative estimate of drug-likeness (QED) is 0.903. The van der Waals surface area contributed by atoms with Crippen LogP contribution in [0.15, 0.2) is 24.3 Å². The molecule has 1 heterocycles. The molecule has 0 spiro atoms. The first-order valence-corrected chi connectivity index (χ1v) is 6.31. The van der Waals surface area contributed by atoms with E-state index in [2.05, 4.69) is 65.2 Å². The number of rotatable bonds is 4. The van der Waals surface area contributed by atoms with Crippen molar-refractivity contribution in [1.29, 1.82) is 0 Å². The molecule has 1 aromatic heterocycles. The molecule has 0 atom stereocenters. The highest BCUT2D eigenvalue weighted by atomic mass is 32.1. The van der Waals surface area contributed by atoms with Gasteiger partial charge in [-0.05, 0) is 17.7 Å². The number of hydrogen-bond donors (Lipinski definition) is 1. The van der Waals surface area contributed by atoms with Crippen molar-refractivity contribution < 1.29 is 0 Å². The van der Waals surface area contributed by atoms with Crippen LogP contribution in [0.2, 0.25) is 0 Å². The molecule has 0 amide bonds. The van der Waals surface area contributed by atoms with Crippen LogP contribution in [0.3, 0.4) is 0 Å². The highest BCUT2D eigenvalue weighted by Crippen LogP contribution is 2.24. The molecule has 2 aromatic rings. The van der Waals surface area contributed by atoms with Crippen LogP contribution in [0.4, 0.5) is 5.13 Å². The first kappa shape index (κ1) is 12.0. The second-order valence-corrected chi connectivity index (χ2v) is 5.50. The second-order valence-electron chi connectivity index (χ2n) is 4.77. The van der Waals surface area contributed by atoms with Crippen LogP contribution >= 0.6 is 11.5 Å². The molecule has 0 aliphatic rings. The van der Waals surface area contributed by atoms with Gasteiger partial charge in [0.1, 0.15) is 0 Å². The Labute approximate surface area is 105 Å². The summed E-state index contributed by atoms with van der Waals surface area (Å²) < 4.78 is 3.73. The number of benzene rings is 1. The fourth-order valence-corrected chi connectivity index (χ4v) is 1.97. The fraction of sp³-hybridized carbons (Fsp3) is 0.417. The van der Waals surface area contributed by atoms with E-state index >= 15 is 0 Å². The SMILES string of the molecule is Cc1ccc(C(C)(C)CNc2nnns2)cc1. The van der Waals surface area contributed by atoms with Gasteiger partial charge in [0.15, 0.2) is 0 Å². The number of aryl methyl sites for hydroxylation is 1. The predicted octanol–water partition coefficient (Wildman–Crippen LogP) is 2.63. The number of nitrogens with one attached hydrogen (secondary N) is 1. The van der Waals surface area contributed by atoms with Crippen molar-refractivity contribution in [1.82, 2.24) is 14.8 Å². The van der Waals surface area contributed by atoms with Crippen LogP contribution in [-0.4, -0.2) is 21.3 Å². The van der Waals surface area contributed by atoms with E-state index in [4.69, 9.17) is 0 Å². The van der Waals surface area contributed by atoms with Crippen LogP contribution in [0.1, 0.15) is 25.0 Å². The first-order chi connectivity index (χ1) is 8.08. The number of nitrogens with zero attached hydrogens (tertiary/aromatic N) is 3. The maximum atomic E-state index is 3.87. The largest absolute Gasteiger partial charge is 0.358 e. The summed E-state index contributed by atoms with van der Waals surface area (Å²) >= 11 is 1.28. The van der Waals surface area contributed by atoms with E-state index in [9.17, 15) is 0 Å². The van der Waals surface area contributed by atoms with E-state index in [-0.39, 0.29) is 5.41 Å². The average molecular weight is 248 g/mol. The minimum atomic E-state index is 0.0549. The lowest BCUT2D eigenvalue weighted by molar-refractivity contribution is 0.556. The van der Waals surface area contributed by atoms with Gasteiger partial charge in [0, 0.05) is 23.5 Å². The highest BCUT2D eigenvalue weighted by molar-refractivity contribution is 7.09. The number of aromatic nitrogens is 3. The lowest BCUT2D eigenvalue weighted by Gasteiger charge is -2.25. The Hall–Kier alpha value is -1.49. The highest BCUT2D eigenvalue weighted by Gasteiger charge is 2.20. The molecule has 0 unspecified atom stereocenters. The van der Waals surface area contributed by atoms with Gasteiger partial charge in [-0.1, -0.05) is 53.3 Å². The summed E-state index contributed by atoms with van der Waals surface area (Å²) in [4.78, 5) is 0. The van der Waals surface area contributed by atoms with Gasteiger partial charge in [0.25, 0.3) is 0 Å². The molecule has 5 heteroatoms. The molecule has 1 aromatic carbocycles. The molecule has 0 saturated carbocycles. The van der Waals surface area contributed by atoms with Gasteiger partial charge in [-0.15, -0.1) is 0 Å². The molecule has 0 saturated heterocycles. The van der Waals surface area contributed by atoms with Crippen molar-refractivity contribution >= 4 is 16.7 Å². The van der Waals surface area contributed by atoms with E-state index in [1.807, 2.05) is 0 Å². The summed E-state index contributed by atoms with van der Waals surface area (Å²) in [6, 6.07) is 8.64. The van der Waals surface area contributed by atoms with Crippen molar-refractivity contribution in [2.75, 3.05) is 11.9 Å². The van der Waals surface area contributed by atoms with E-state index in [0.29, 0.717) is 0 Å². The van der Waals surface area contributed by atoms with Gasteiger partial charge in [-0.3, -0.25) is 0 Å². The summed E-state index contributed by atoms with van der Waals surface area (Å²) in [7, 11) is 0. The third-order valence-corrected chi connectivity index (χ3v) is 3.37. The average Bonchev–Trinajstić information content (AvgIpc) is 2.80. The third kappa shape index (κ3) is 3.00. The molecule has 4 nitrogen and oxygen atoms in total. The monoisotopic (exact) mass is 248 g/mol. The van der Waals surface area contributed by atoms with Gasteiger partial charge in [0.05, 0.1) is 0 Å². The van der Waals surface area contributed by atoms with Gasteiger partial charge < -0.3 is 5.32 Å². The van der Waals surface area contributed by atoms with Crippen molar-refractivity contribution in [2.24, 2.45) is 0 Å². The third-order valence-electron chi connectivity index (χ3n) is 2.81. The zero-order valence-electron chi connectivity index (χ0n) is 10.3. The van der Waals surface area contributed by atoms with Crippen LogP contribution in [-0.2, 0) is 5.41 Å². The van der Waals surface area contributed by atoms with Crippen molar-refractivity contribution in [2.45, 2.75) is 26.2 Å². The topological polar surface area (TPSA) is 50.7 Å². The summed E-state index contributed by atoms with van der Waals surface area (Å²) in [6.45, 7) is 7.33. The zero-order chi connectivity index (χ0) is 12.3. The first-order valence-electron chi connectivity index (χ1n) is 5.54. The van der Waals surface area contributed by atoms with Crippen molar-refractivity contribution in [3.05, 3.63) is 35.4 Å². The van der Waals surface area contributed by atoms with Gasteiger partial charge in [-0.25, -0.2) is 0 Å². The summed E-state index contributed by atoms with van der Waals surface area (Å²) in [5, 5.41) is 11.5. The Morgan fingerprint density at radius 3 is 2.53 bits per heavy atom. The van der Waals surface area contributed by atoms with Crippen LogP contribution in [0.5, 0.6) is 0 Å². The Morgan fingerprint density at radius 1 is 1.24 bits per heavy atom. The zero-order valence-corrected chi connectivity index (χ0v) is 11.1. The van der Waals surface area contributed by atoms with E-state index in [1.54, 1.807) is 0 Å². The molecular formula is C12H16N4S. The number of anilines is 1. The van der Waals surface area contributed by atoms with Gasteiger partial charge >= 0.3 is 0 Å². The second kappa shape index (κ2) is 4.79. The summed E-state index contributed by atoms with van der Waals surface area (Å²) in [5.41, 5.74) is 2.65. The van der Waals surface area contributed by atoms with Gasteiger partial charge in [-0.2, -0.15) is 0 Å². The van der Waals surface area contributed by atoms with Gasteiger partial charge in [0.2, 0.25) is 5.13 Å². The lowest BCUT2D eigenvalue weighted by atomic mass is 9.84. The predicted molar refractivity (Wildman–Crippen MR) is 70.4 cm³/mol. The lowest BCUT2D eigenvalue weighted by Crippen LogP contribution is -2.27. The van der Waals surface area contributed by atoms with Crippen LogP contribution < -0.4 is 5.32 Å². The van der Waals surface area contributed by atoms with E-state index in [0.717, 1.165) is 11.7 Å². The molecule has 90 valence electrons. The molecule has 0 aliphatic carbocycles.